The smallest absolute Gasteiger partial charge is 0.0411 e. The van der Waals surface area contributed by atoms with Gasteiger partial charge < -0.3 is 10.6 Å². The maximum Gasteiger partial charge on any atom is 0.0411 e. The molecular formula is C15H25ClN2. The van der Waals surface area contributed by atoms with Crippen molar-refractivity contribution in [1.82, 2.24) is 10.6 Å². The van der Waals surface area contributed by atoms with Gasteiger partial charge in [-0.15, -0.1) is 0 Å². The summed E-state index contributed by atoms with van der Waals surface area (Å²) in [4.78, 5) is 0. The molecule has 0 heterocycles. The lowest BCUT2D eigenvalue weighted by Gasteiger charge is -2.16. The highest BCUT2D eigenvalue weighted by atomic mass is 35.5. The first-order valence-electron chi connectivity index (χ1n) is 6.67. The van der Waals surface area contributed by atoms with Crippen molar-refractivity contribution in [3.05, 3.63) is 34.3 Å². The Kier molecular flexibility index (Phi) is 6.69. The lowest BCUT2D eigenvalue weighted by Crippen LogP contribution is -2.37. The number of hydrogen-bond acceptors (Lipinski definition) is 2. The van der Waals surface area contributed by atoms with Gasteiger partial charge in [0, 0.05) is 24.2 Å². The van der Waals surface area contributed by atoms with Gasteiger partial charge in [-0.05, 0) is 49.6 Å². The summed E-state index contributed by atoms with van der Waals surface area (Å²) < 4.78 is 0. The van der Waals surface area contributed by atoms with Crippen LogP contribution in [0, 0.1) is 12.8 Å². The normalized spacial score (nSPS) is 13.0. The fraction of sp³-hybridized carbons (Fsp3) is 0.600. The first-order chi connectivity index (χ1) is 8.47. The van der Waals surface area contributed by atoms with Crippen LogP contribution >= 0.6 is 11.6 Å². The van der Waals surface area contributed by atoms with E-state index in [0.29, 0.717) is 12.0 Å². The number of halogens is 1. The summed E-state index contributed by atoms with van der Waals surface area (Å²) in [6.07, 6.45) is 0. The Labute approximate surface area is 116 Å². The molecule has 0 saturated heterocycles. The van der Waals surface area contributed by atoms with Crippen LogP contribution < -0.4 is 10.6 Å². The summed E-state index contributed by atoms with van der Waals surface area (Å²) in [5, 5.41) is 7.78. The highest BCUT2D eigenvalue weighted by Crippen LogP contribution is 2.14. The van der Waals surface area contributed by atoms with E-state index in [2.05, 4.69) is 44.4 Å². The minimum Gasteiger partial charge on any atom is -0.315 e. The zero-order valence-electron chi connectivity index (χ0n) is 11.9. The molecule has 0 amide bonds. The number of nitrogens with one attached hydrogen (secondary N) is 2. The van der Waals surface area contributed by atoms with Crippen LogP contribution in [0.15, 0.2) is 18.2 Å². The Morgan fingerprint density at radius 3 is 2.44 bits per heavy atom. The lowest BCUT2D eigenvalue weighted by molar-refractivity contribution is 0.472. The summed E-state index contributed by atoms with van der Waals surface area (Å²) in [5.41, 5.74) is 2.46. The van der Waals surface area contributed by atoms with E-state index in [4.69, 9.17) is 11.6 Å². The molecule has 2 N–H and O–H groups in total. The van der Waals surface area contributed by atoms with Crippen molar-refractivity contribution < 1.29 is 0 Å². The maximum absolute atomic E-state index is 6.04. The minimum atomic E-state index is 0.461. The predicted octanol–water partition coefficient (Wildman–Crippen LogP) is 3.37. The summed E-state index contributed by atoms with van der Waals surface area (Å²) in [5.74, 6) is 0.702. The lowest BCUT2D eigenvalue weighted by atomic mass is 10.1. The number of aryl methyl sites for hydroxylation is 1. The van der Waals surface area contributed by atoms with Crippen LogP contribution in [0.2, 0.25) is 5.02 Å². The maximum atomic E-state index is 6.04. The van der Waals surface area contributed by atoms with Gasteiger partial charge in [-0.1, -0.05) is 31.5 Å². The second-order valence-electron chi connectivity index (χ2n) is 5.47. The third kappa shape index (κ3) is 6.39. The van der Waals surface area contributed by atoms with Gasteiger partial charge in [-0.25, -0.2) is 0 Å². The van der Waals surface area contributed by atoms with Crippen molar-refractivity contribution in [2.45, 2.75) is 40.3 Å². The molecule has 0 aliphatic rings. The molecule has 0 bridgehead atoms. The zero-order valence-corrected chi connectivity index (χ0v) is 12.6. The van der Waals surface area contributed by atoms with Crippen molar-refractivity contribution in [2.75, 3.05) is 13.1 Å². The van der Waals surface area contributed by atoms with E-state index in [0.717, 1.165) is 24.7 Å². The van der Waals surface area contributed by atoms with E-state index < -0.39 is 0 Å². The first-order valence-corrected chi connectivity index (χ1v) is 7.05. The molecule has 102 valence electrons. The van der Waals surface area contributed by atoms with Gasteiger partial charge >= 0.3 is 0 Å². The topological polar surface area (TPSA) is 24.1 Å². The molecule has 0 fully saturated rings. The number of rotatable bonds is 7. The summed E-state index contributed by atoms with van der Waals surface area (Å²) in [6.45, 7) is 11.7. The third-order valence-electron chi connectivity index (χ3n) is 2.76. The van der Waals surface area contributed by atoms with E-state index in [9.17, 15) is 0 Å². The molecule has 0 aromatic heterocycles. The van der Waals surface area contributed by atoms with Gasteiger partial charge in [-0.2, -0.15) is 0 Å². The Balaban J connectivity index is 2.31. The van der Waals surface area contributed by atoms with Crippen LogP contribution in [0.3, 0.4) is 0 Å². The van der Waals surface area contributed by atoms with Crippen LogP contribution in [-0.4, -0.2) is 19.1 Å². The second kappa shape index (κ2) is 7.78. The van der Waals surface area contributed by atoms with Crippen molar-refractivity contribution in [1.29, 1.82) is 0 Å². The van der Waals surface area contributed by atoms with Crippen LogP contribution in [-0.2, 0) is 6.54 Å². The zero-order chi connectivity index (χ0) is 13.5. The SMILES string of the molecule is Cc1cc(Cl)cc(CNC(C)CNCC(C)C)c1. The second-order valence-corrected chi connectivity index (χ2v) is 5.91. The Morgan fingerprint density at radius 1 is 1.11 bits per heavy atom. The van der Waals surface area contributed by atoms with Gasteiger partial charge in [0.15, 0.2) is 0 Å². The van der Waals surface area contributed by atoms with Gasteiger partial charge in [0.25, 0.3) is 0 Å². The van der Waals surface area contributed by atoms with E-state index in [1.807, 2.05) is 12.1 Å². The van der Waals surface area contributed by atoms with Gasteiger partial charge in [0.1, 0.15) is 0 Å². The molecular weight excluding hydrogens is 244 g/mol. The van der Waals surface area contributed by atoms with Crippen molar-refractivity contribution >= 4 is 11.6 Å². The molecule has 2 nitrogen and oxygen atoms in total. The molecule has 0 aliphatic heterocycles. The largest absolute Gasteiger partial charge is 0.315 e. The van der Waals surface area contributed by atoms with Crippen LogP contribution in [0.25, 0.3) is 0 Å². The molecule has 0 spiro atoms. The minimum absolute atomic E-state index is 0.461. The highest BCUT2D eigenvalue weighted by molar-refractivity contribution is 6.30. The summed E-state index contributed by atoms with van der Waals surface area (Å²) in [7, 11) is 0. The summed E-state index contributed by atoms with van der Waals surface area (Å²) >= 11 is 6.04. The fourth-order valence-electron chi connectivity index (χ4n) is 1.87. The van der Waals surface area contributed by atoms with Crippen LogP contribution in [0.4, 0.5) is 0 Å². The van der Waals surface area contributed by atoms with E-state index >= 15 is 0 Å². The molecule has 1 atom stereocenters. The van der Waals surface area contributed by atoms with Gasteiger partial charge in [0.05, 0.1) is 0 Å². The van der Waals surface area contributed by atoms with E-state index in [-0.39, 0.29) is 0 Å². The highest BCUT2D eigenvalue weighted by Gasteiger charge is 2.03. The Morgan fingerprint density at radius 2 is 1.83 bits per heavy atom. The number of benzene rings is 1. The molecule has 0 aliphatic carbocycles. The van der Waals surface area contributed by atoms with E-state index in [1.54, 1.807) is 0 Å². The molecule has 1 unspecified atom stereocenters. The average molecular weight is 269 g/mol. The molecule has 0 saturated carbocycles. The summed E-state index contributed by atoms with van der Waals surface area (Å²) in [6, 6.07) is 6.64. The molecule has 3 heteroatoms. The third-order valence-corrected chi connectivity index (χ3v) is 2.98. The Hall–Kier alpha value is -0.570. The fourth-order valence-corrected chi connectivity index (χ4v) is 2.18. The van der Waals surface area contributed by atoms with Crippen LogP contribution in [0.1, 0.15) is 31.9 Å². The Bertz CT molecular complexity index is 343. The average Bonchev–Trinajstić information content (AvgIpc) is 2.24. The standard InChI is InChI=1S/C15H25ClN2/c1-11(2)8-17-9-13(4)18-10-14-5-12(3)6-15(16)7-14/h5-7,11,13,17-18H,8-10H2,1-4H3. The monoisotopic (exact) mass is 268 g/mol. The molecule has 1 aromatic carbocycles. The van der Waals surface area contributed by atoms with Crippen molar-refractivity contribution in [3.63, 3.8) is 0 Å². The molecule has 0 radical (unpaired) electrons. The van der Waals surface area contributed by atoms with Crippen LogP contribution in [0.5, 0.6) is 0 Å². The van der Waals surface area contributed by atoms with Crippen molar-refractivity contribution in [2.24, 2.45) is 5.92 Å². The molecule has 1 rings (SSSR count). The van der Waals surface area contributed by atoms with E-state index in [1.165, 1.54) is 11.1 Å². The molecule has 1 aromatic rings. The van der Waals surface area contributed by atoms with Gasteiger partial charge in [0.2, 0.25) is 0 Å². The first kappa shape index (κ1) is 15.5. The molecule has 18 heavy (non-hydrogen) atoms. The number of hydrogen-bond donors (Lipinski definition) is 2. The quantitative estimate of drug-likeness (QED) is 0.792. The van der Waals surface area contributed by atoms with Gasteiger partial charge in [-0.3, -0.25) is 0 Å². The van der Waals surface area contributed by atoms with Crippen molar-refractivity contribution in [3.8, 4) is 0 Å². The predicted molar refractivity (Wildman–Crippen MR) is 80.2 cm³/mol.